The average molecular weight is 519 g/mol. The molecule has 0 saturated carbocycles. The van der Waals surface area contributed by atoms with Gasteiger partial charge in [-0.2, -0.15) is 0 Å². The summed E-state index contributed by atoms with van der Waals surface area (Å²) in [5.41, 5.74) is 3.09. The van der Waals surface area contributed by atoms with E-state index in [0.717, 1.165) is 29.5 Å². The van der Waals surface area contributed by atoms with Crippen molar-refractivity contribution < 1.29 is 28.8 Å². The lowest BCUT2D eigenvalue weighted by molar-refractivity contribution is -0.326. The van der Waals surface area contributed by atoms with E-state index in [1.807, 2.05) is 97.1 Å². The Hall–Kier alpha value is -2.84. The molecule has 1 aliphatic heterocycles. The second kappa shape index (κ2) is 15.5. The van der Waals surface area contributed by atoms with Crippen molar-refractivity contribution in [3.63, 3.8) is 0 Å². The number of unbranched alkanes of at least 4 members (excludes halogenated alkanes) is 1. The van der Waals surface area contributed by atoms with Crippen molar-refractivity contribution >= 4 is 0 Å². The summed E-state index contributed by atoms with van der Waals surface area (Å²) in [6.07, 6.45) is 0.453. The molecule has 4 rings (SSSR count). The van der Waals surface area contributed by atoms with Gasteiger partial charge in [-0.25, -0.2) is 0 Å². The van der Waals surface area contributed by atoms with Crippen LogP contribution in [0.5, 0.6) is 0 Å². The Morgan fingerprint density at radius 3 is 1.61 bits per heavy atom. The maximum atomic E-state index is 10.3. The lowest BCUT2D eigenvalue weighted by Gasteiger charge is -2.45. The van der Waals surface area contributed by atoms with Gasteiger partial charge < -0.3 is 28.8 Å². The molecule has 1 aliphatic rings. The zero-order chi connectivity index (χ0) is 26.4. The van der Waals surface area contributed by atoms with E-state index >= 15 is 0 Å². The van der Waals surface area contributed by atoms with Crippen LogP contribution in [0.2, 0.25) is 0 Å². The molecule has 202 valence electrons. The van der Waals surface area contributed by atoms with Gasteiger partial charge in [0, 0.05) is 0 Å². The lowest BCUT2D eigenvalue weighted by atomic mass is 9.98. The second-order valence-electron chi connectivity index (χ2n) is 9.31. The van der Waals surface area contributed by atoms with Crippen LogP contribution >= 0.6 is 0 Å². The zero-order valence-corrected chi connectivity index (χ0v) is 21.8. The van der Waals surface area contributed by atoms with Gasteiger partial charge in [-0.15, -0.1) is 6.58 Å². The molecule has 3 aromatic carbocycles. The van der Waals surface area contributed by atoms with Crippen LogP contribution in [0.15, 0.2) is 104 Å². The molecule has 0 aliphatic carbocycles. The summed E-state index contributed by atoms with van der Waals surface area (Å²) in [5.74, 6) is 0. The van der Waals surface area contributed by atoms with E-state index < -0.39 is 30.7 Å². The molecule has 0 bridgehead atoms. The third-order valence-electron chi connectivity index (χ3n) is 6.46. The van der Waals surface area contributed by atoms with Crippen LogP contribution in [0.1, 0.15) is 29.5 Å². The van der Waals surface area contributed by atoms with Crippen LogP contribution in [0, 0.1) is 0 Å². The van der Waals surface area contributed by atoms with Crippen LogP contribution in [-0.4, -0.2) is 49.0 Å². The SMILES string of the molecule is C=CCCCOC1O[C@H](CO)[C@@H](OCc2ccccc2)[C@H](OCc2ccccc2)[C@@H]1OCc1ccccc1. The molecular weight excluding hydrogens is 480 g/mol. The Morgan fingerprint density at radius 2 is 1.13 bits per heavy atom. The van der Waals surface area contributed by atoms with Gasteiger partial charge in [-0.05, 0) is 29.5 Å². The summed E-state index contributed by atoms with van der Waals surface area (Å²) in [6, 6.07) is 29.9. The Balaban J connectivity index is 1.58. The number of allylic oxidation sites excluding steroid dienone is 1. The van der Waals surface area contributed by atoms with Gasteiger partial charge in [0.05, 0.1) is 33.0 Å². The van der Waals surface area contributed by atoms with E-state index in [-0.39, 0.29) is 6.61 Å². The maximum Gasteiger partial charge on any atom is 0.186 e. The first-order valence-electron chi connectivity index (χ1n) is 13.2. The molecule has 1 N–H and O–H groups in total. The molecule has 6 nitrogen and oxygen atoms in total. The second-order valence-corrected chi connectivity index (χ2v) is 9.31. The Bertz CT molecular complexity index is 1050. The smallest absolute Gasteiger partial charge is 0.186 e. The van der Waals surface area contributed by atoms with Gasteiger partial charge in [0.2, 0.25) is 0 Å². The van der Waals surface area contributed by atoms with E-state index in [4.69, 9.17) is 23.7 Å². The fourth-order valence-electron chi connectivity index (χ4n) is 4.45. The first-order chi connectivity index (χ1) is 18.8. The van der Waals surface area contributed by atoms with Crippen LogP contribution < -0.4 is 0 Å². The van der Waals surface area contributed by atoms with Gasteiger partial charge in [-0.3, -0.25) is 0 Å². The number of hydrogen-bond acceptors (Lipinski definition) is 6. The standard InChI is InChI=1S/C32H38O6/c1-2-3-13-20-34-32-31(37-24-27-18-11-6-12-19-27)30(36-23-26-16-9-5-10-17-26)29(28(21-33)38-32)35-22-25-14-7-4-8-15-25/h2,4-12,14-19,28-33H,1,3,13,20-24H2/t28-,29-,30+,31+,32?/m1/s1. The molecule has 5 atom stereocenters. The molecule has 1 unspecified atom stereocenters. The summed E-state index contributed by atoms with van der Waals surface area (Å²) in [4.78, 5) is 0. The highest BCUT2D eigenvalue weighted by Gasteiger charge is 2.48. The Kier molecular flexibility index (Phi) is 11.5. The van der Waals surface area contributed by atoms with Gasteiger partial charge in [0.25, 0.3) is 0 Å². The van der Waals surface area contributed by atoms with E-state index in [0.29, 0.717) is 26.4 Å². The minimum absolute atomic E-state index is 0.234. The summed E-state index contributed by atoms with van der Waals surface area (Å²) < 4.78 is 31.8. The average Bonchev–Trinajstić information content (AvgIpc) is 2.98. The molecule has 1 fully saturated rings. The number of aliphatic hydroxyl groups excluding tert-OH is 1. The topological polar surface area (TPSA) is 66.4 Å². The van der Waals surface area contributed by atoms with Crippen LogP contribution in [-0.2, 0) is 43.5 Å². The van der Waals surface area contributed by atoms with Crippen molar-refractivity contribution in [3.05, 3.63) is 120 Å². The monoisotopic (exact) mass is 518 g/mol. The van der Waals surface area contributed by atoms with Gasteiger partial charge in [0.15, 0.2) is 6.29 Å². The number of rotatable bonds is 15. The van der Waals surface area contributed by atoms with Gasteiger partial charge >= 0.3 is 0 Å². The highest BCUT2D eigenvalue weighted by molar-refractivity contribution is 5.15. The lowest BCUT2D eigenvalue weighted by Crippen LogP contribution is -2.61. The molecule has 38 heavy (non-hydrogen) atoms. The maximum absolute atomic E-state index is 10.3. The third-order valence-corrected chi connectivity index (χ3v) is 6.46. The zero-order valence-electron chi connectivity index (χ0n) is 21.8. The summed E-state index contributed by atoms with van der Waals surface area (Å²) in [5, 5.41) is 10.3. The number of hydrogen-bond donors (Lipinski definition) is 1. The molecule has 0 amide bonds. The normalized spacial score (nSPS) is 23.2. The van der Waals surface area contributed by atoms with Crippen molar-refractivity contribution in [2.75, 3.05) is 13.2 Å². The van der Waals surface area contributed by atoms with Crippen molar-refractivity contribution in [2.24, 2.45) is 0 Å². The van der Waals surface area contributed by atoms with Crippen molar-refractivity contribution in [3.8, 4) is 0 Å². The van der Waals surface area contributed by atoms with Crippen molar-refractivity contribution in [1.29, 1.82) is 0 Å². The number of aliphatic hydroxyl groups is 1. The minimum Gasteiger partial charge on any atom is -0.394 e. The molecule has 1 heterocycles. The summed E-state index contributed by atoms with van der Waals surface area (Å²) >= 11 is 0. The van der Waals surface area contributed by atoms with Crippen molar-refractivity contribution in [1.82, 2.24) is 0 Å². The summed E-state index contributed by atoms with van der Waals surface area (Å²) in [7, 11) is 0. The fraction of sp³-hybridized carbons (Fsp3) is 0.375. The minimum atomic E-state index is -0.724. The highest BCUT2D eigenvalue weighted by Crippen LogP contribution is 2.31. The summed E-state index contributed by atoms with van der Waals surface area (Å²) in [6.45, 7) is 5.11. The van der Waals surface area contributed by atoms with Crippen LogP contribution in [0.25, 0.3) is 0 Å². The van der Waals surface area contributed by atoms with E-state index in [9.17, 15) is 5.11 Å². The fourth-order valence-corrected chi connectivity index (χ4v) is 4.45. The van der Waals surface area contributed by atoms with Gasteiger partial charge in [0.1, 0.15) is 24.4 Å². The predicted molar refractivity (Wildman–Crippen MR) is 146 cm³/mol. The molecule has 6 heteroatoms. The van der Waals surface area contributed by atoms with E-state index in [2.05, 4.69) is 6.58 Å². The third kappa shape index (κ3) is 8.33. The molecule has 0 aromatic heterocycles. The Morgan fingerprint density at radius 1 is 0.658 bits per heavy atom. The molecule has 0 spiro atoms. The van der Waals surface area contributed by atoms with Crippen LogP contribution in [0.4, 0.5) is 0 Å². The largest absolute Gasteiger partial charge is 0.394 e. The number of ether oxygens (including phenoxy) is 5. The Labute approximate surface area is 225 Å². The first-order valence-corrected chi connectivity index (χ1v) is 13.2. The quantitative estimate of drug-likeness (QED) is 0.213. The highest BCUT2D eigenvalue weighted by atomic mass is 16.7. The molecule has 3 aromatic rings. The molecule has 0 radical (unpaired) electrons. The van der Waals surface area contributed by atoms with Crippen molar-refractivity contribution in [2.45, 2.75) is 63.4 Å². The van der Waals surface area contributed by atoms with E-state index in [1.54, 1.807) is 0 Å². The predicted octanol–water partition coefficient (Wildman–Crippen LogP) is 5.44. The molecular formula is C32H38O6. The van der Waals surface area contributed by atoms with E-state index in [1.165, 1.54) is 0 Å². The number of benzene rings is 3. The first kappa shape index (κ1) is 28.2. The van der Waals surface area contributed by atoms with Gasteiger partial charge in [-0.1, -0.05) is 97.1 Å². The molecule has 1 saturated heterocycles. The van der Waals surface area contributed by atoms with Crippen LogP contribution in [0.3, 0.4) is 0 Å².